The van der Waals surface area contributed by atoms with Crippen molar-refractivity contribution < 1.29 is 9.59 Å². The number of nitrogens with one attached hydrogen (secondary N) is 1. The Kier molecular flexibility index (Phi) is 9.89. The molecular weight excluding hydrogens is 512 g/mol. The molecule has 190 valence electrons. The maximum Gasteiger partial charge on any atom is 0.243 e. The summed E-state index contributed by atoms with van der Waals surface area (Å²) in [5.74, 6) is -0.147. The lowest BCUT2D eigenvalue weighted by Gasteiger charge is -2.31. The van der Waals surface area contributed by atoms with Crippen LogP contribution in [0.15, 0.2) is 83.3 Å². The first-order valence-electron chi connectivity index (χ1n) is 12.6. The summed E-state index contributed by atoms with van der Waals surface area (Å²) in [6.45, 7) is 9.38. The molecule has 3 aromatic rings. The molecule has 3 aromatic carbocycles. The fraction of sp³-hybridized carbons (Fsp3) is 0.355. The molecule has 0 heterocycles. The molecule has 1 N–H and O–H groups in total. The lowest BCUT2D eigenvalue weighted by atomic mass is 9.86. The highest BCUT2D eigenvalue weighted by Gasteiger charge is 2.30. The molecule has 2 amide bonds. The number of carbonyl (C=O) groups excluding carboxylic acids is 2. The summed E-state index contributed by atoms with van der Waals surface area (Å²) in [6, 6.07) is 25.7. The van der Waals surface area contributed by atoms with Crippen molar-refractivity contribution in [1.29, 1.82) is 0 Å². The van der Waals surface area contributed by atoms with Crippen LogP contribution < -0.4 is 5.32 Å². The molecule has 0 aliphatic heterocycles. The van der Waals surface area contributed by atoms with Crippen molar-refractivity contribution in [3.05, 3.63) is 106 Å². The highest BCUT2D eigenvalue weighted by atomic mass is 79.9. The first-order chi connectivity index (χ1) is 17.2. The number of halogens is 1. The van der Waals surface area contributed by atoms with E-state index in [4.69, 9.17) is 0 Å². The molecule has 0 aliphatic carbocycles. The average Bonchev–Trinajstić information content (AvgIpc) is 2.86. The van der Waals surface area contributed by atoms with Gasteiger partial charge in [-0.05, 0) is 53.1 Å². The van der Waals surface area contributed by atoms with Crippen molar-refractivity contribution in [3.8, 4) is 0 Å². The lowest BCUT2D eigenvalue weighted by Crippen LogP contribution is -2.50. The van der Waals surface area contributed by atoms with Gasteiger partial charge >= 0.3 is 0 Å². The Morgan fingerprint density at radius 3 is 2.06 bits per heavy atom. The van der Waals surface area contributed by atoms with Crippen LogP contribution in [0.1, 0.15) is 56.4 Å². The van der Waals surface area contributed by atoms with E-state index in [2.05, 4.69) is 66.3 Å². The van der Waals surface area contributed by atoms with Crippen LogP contribution in [0.25, 0.3) is 0 Å². The van der Waals surface area contributed by atoms with Gasteiger partial charge in [0.25, 0.3) is 0 Å². The Bertz CT molecular complexity index is 1120. The fourth-order valence-corrected chi connectivity index (χ4v) is 4.46. The van der Waals surface area contributed by atoms with Crippen LogP contribution in [-0.2, 0) is 34.4 Å². The van der Waals surface area contributed by atoms with Crippen LogP contribution in [-0.4, -0.2) is 29.3 Å². The number of amides is 2. The lowest BCUT2D eigenvalue weighted by molar-refractivity contribution is -0.141. The molecule has 1 atom stereocenters. The average molecular weight is 550 g/mol. The van der Waals surface area contributed by atoms with E-state index in [0.717, 1.165) is 21.2 Å². The highest BCUT2D eigenvalue weighted by molar-refractivity contribution is 9.10. The quantitative estimate of drug-likeness (QED) is 0.316. The molecule has 0 spiro atoms. The number of benzene rings is 3. The van der Waals surface area contributed by atoms with Gasteiger partial charge in [-0.3, -0.25) is 9.59 Å². The predicted molar refractivity (Wildman–Crippen MR) is 151 cm³/mol. The van der Waals surface area contributed by atoms with E-state index in [1.807, 2.05) is 61.5 Å². The second kappa shape index (κ2) is 12.9. The third-order valence-electron chi connectivity index (χ3n) is 6.34. The number of rotatable bonds is 10. The molecule has 0 saturated carbocycles. The number of aryl methyl sites for hydroxylation is 1. The van der Waals surface area contributed by atoms with Crippen molar-refractivity contribution in [1.82, 2.24) is 10.2 Å². The second-order valence-corrected chi connectivity index (χ2v) is 11.1. The van der Waals surface area contributed by atoms with Crippen LogP contribution in [0, 0.1) is 0 Å². The zero-order chi connectivity index (χ0) is 26.1. The number of carbonyl (C=O) groups is 2. The summed E-state index contributed by atoms with van der Waals surface area (Å²) < 4.78 is 0.979. The molecule has 0 aliphatic rings. The van der Waals surface area contributed by atoms with Crippen molar-refractivity contribution in [2.75, 3.05) is 6.54 Å². The van der Waals surface area contributed by atoms with Gasteiger partial charge in [-0.15, -0.1) is 0 Å². The predicted octanol–water partition coefficient (Wildman–Crippen LogP) is 6.46. The van der Waals surface area contributed by atoms with E-state index in [1.165, 1.54) is 5.56 Å². The van der Waals surface area contributed by atoms with Gasteiger partial charge in [-0.25, -0.2) is 0 Å². The van der Waals surface area contributed by atoms with Crippen molar-refractivity contribution in [2.45, 2.75) is 65.0 Å². The van der Waals surface area contributed by atoms with Gasteiger partial charge in [0.05, 0.1) is 0 Å². The summed E-state index contributed by atoms with van der Waals surface area (Å²) in [6.07, 6.45) is 1.44. The molecule has 36 heavy (non-hydrogen) atoms. The van der Waals surface area contributed by atoms with Crippen molar-refractivity contribution >= 4 is 27.7 Å². The number of likely N-dealkylation sites (N-methyl/N-ethyl adjacent to an activating group) is 1. The molecule has 1 unspecified atom stereocenters. The molecule has 0 saturated heterocycles. The Labute approximate surface area is 224 Å². The maximum atomic E-state index is 13.7. The standard InChI is InChI=1S/C31H37BrN2O2/c1-5-33-30(36)28(21-24-9-7-6-8-10-24)34(22-25-13-18-27(32)19-14-25)29(35)20-15-23-11-16-26(17-12-23)31(2,3)4/h6-14,16-19,28H,5,15,20-22H2,1-4H3,(H,33,36). The van der Waals surface area contributed by atoms with Crippen LogP contribution in [0.5, 0.6) is 0 Å². The molecule has 5 heteroatoms. The van der Waals surface area contributed by atoms with Gasteiger partial charge in [0.2, 0.25) is 11.8 Å². The third kappa shape index (κ3) is 8.06. The summed E-state index contributed by atoms with van der Waals surface area (Å²) >= 11 is 3.48. The van der Waals surface area contributed by atoms with Gasteiger partial charge in [0, 0.05) is 30.4 Å². The first kappa shape index (κ1) is 27.7. The van der Waals surface area contributed by atoms with Crippen LogP contribution in [0.3, 0.4) is 0 Å². The van der Waals surface area contributed by atoms with E-state index in [1.54, 1.807) is 4.90 Å². The number of hydrogen-bond donors (Lipinski definition) is 1. The summed E-state index contributed by atoms with van der Waals surface area (Å²) in [5.41, 5.74) is 4.50. The van der Waals surface area contributed by atoms with Crippen LogP contribution in [0.2, 0.25) is 0 Å². The molecule has 0 bridgehead atoms. The monoisotopic (exact) mass is 548 g/mol. The molecule has 0 aromatic heterocycles. The topological polar surface area (TPSA) is 49.4 Å². The van der Waals surface area contributed by atoms with Crippen molar-refractivity contribution in [3.63, 3.8) is 0 Å². The minimum Gasteiger partial charge on any atom is -0.355 e. The van der Waals surface area contributed by atoms with Crippen molar-refractivity contribution in [2.24, 2.45) is 0 Å². The maximum absolute atomic E-state index is 13.7. The SMILES string of the molecule is CCNC(=O)C(Cc1ccccc1)N(Cc1ccc(Br)cc1)C(=O)CCc1ccc(C(C)(C)C)cc1. The Morgan fingerprint density at radius 2 is 1.47 bits per heavy atom. The third-order valence-corrected chi connectivity index (χ3v) is 6.86. The Morgan fingerprint density at radius 1 is 0.861 bits per heavy atom. The molecule has 0 radical (unpaired) electrons. The van der Waals surface area contributed by atoms with E-state index in [9.17, 15) is 9.59 Å². The second-order valence-electron chi connectivity index (χ2n) is 10.2. The van der Waals surface area contributed by atoms with Gasteiger partial charge in [0.1, 0.15) is 6.04 Å². The largest absolute Gasteiger partial charge is 0.355 e. The molecular formula is C31H37BrN2O2. The van der Waals surface area contributed by atoms with E-state index in [0.29, 0.717) is 32.4 Å². The smallest absolute Gasteiger partial charge is 0.243 e. The zero-order valence-corrected chi connectivity index (χ0v) is 23.3. The minimum atomic E-state index is -0.591. The number of hydrogen-bond acceptors (Lipinski definition) is 2. The van der Waals surface area contributed by atoms with Crippen LogP contribution in [0.4, 0.5) is 0 Å². The summed E-state index contributed by atoms with van der Waals surface area (Å²) in [4.78, 5) is 28.7. The van der Waals surface area contributed by atoms with E-state index in [-0.39, 0.29) is 17.2 Å². The van der Waals surface area contributed by atoms with Crippen LogP contribution >= 0.6 is 15.9 Å². The Hall–Kier alpha value is -2.92. The summed E-state index contributed by atoms with van der Waals surface area (Å²) in [5, 5.41) is 2.95. The van der Waals surface area contributed by atoms with Gasteiger partial charge in [-0.2, -0.15) is 0 Å². The van der Waals surface area contributed by atoms with Gasteiger partial charge in [-0.1, -0.05) is 103 Å². The molecule has 3 rings (SSSR count). The zero-order valence-electron chi connectivity index (χ0n) is 21.8. The first-order valence-corrected chi connectivity index (χ1v) is 13.4. The minimum absolute atomic E-state index is 0.0231. The fourth-order valence-electron chi connectivity index (χ4n) is 4.20. The van der Waals surface area contributed by atoms with Gasteiger partial charge < -0.3 is 10.2 Å². The van der Waals surface area contributed by atoms with E-state index < -0.39 is 6.04 Å². The van der Waals surface area contributed by atoms with Gasteiger partial charge in [0.15, 0.2) is 0 Å². The number of nitrogens with zero attached hydrogens (tertiary/aromatic N) is 1. The summed E-state index contributed by atoms with van der Waals surface area (Å²) in [7, 11) is 0. The Balaban J connectivity index is 1.85. The molecule has 0 fully saturated rings. The normalized spacial score (nSPS) is 12.1. The van der Waals surface area contributed by atoms with E-state index >= 15 is 0 Å². The highest BCUT2D eigenvalue weighted by Crippen LogP contribution is 2.23. The molecule has 4 nitrogen and oxygen atoms in total.